The number of benzene rings is 1. The van der Waals surface area contributed by atoms with Gasteiger partial charge in [-0.15, -0.1) is 0 Å². The van der Waals surface area contributed by atoms with Gasteiger partial charge in [0.25, 0.3) is 0 Å². The van der Waals surface area contributed by atoms with Crippen molar-refractivity contribution in [1.29, 1.82) is 0 Å². The summed E-state index contributed by atoms with van der Waals surface area (Å²) in [4.78, 5) is 10.7. The standard InChI is InChI=1S/C10H10ClNO2S/c11-7-4-2-1-3-6(7)9-12-8(5-15-9)10(13)14/h1-4,8-9,12H,5H2,(H,13,14). The first-order valence-electron chi connectivity index (χ1n) is 4.60. The molecule has 1 saturated heterocycles. The van der Waals surface area contributed by atoms with Gasteiger partial charge in [-0.05, 0) is 6.07 Å². The van der Waals surface area contributed by atoms with Crippen LogP contribution in [-0.4, -0.2) is 17.8 Å². The highest BCUT2D eigenvalue weighted by Gasteiger charge is 2.31. The van der Waals surface area contributed by atoms with Gasteiger partial charge in [0, 0.05) is 5.56 Å². The number of hydrogen-bond donors (Lipinski definition) is 1. The van der Waals surface area contributed by atoms with Crippen LogP contribution in [0.5, 0.6) is 0 Å². The number of carbonyl (C=O) groups excluding carboxylic acids is 1. The number of aliphatic carboxylic acids is 1. The molecule has 5 heteroatoms. The van der Waals surface area contributed by atoms with Gasteiger partial charge in [-0.25, -0.2) is 0 Å². The molecule has 1 aromatic rings. The van der Waals surface area contributed by atoms with Crippen LogP contribution in [0.2, 0.25) is 5.02 Å². The molecular formula is C10H10ClNO2S. The van der Waals surface area contributed by atoms with Crippen LogP contribution in [-0.2, 0) is 4.79 Å². The number of hydrogen-bond acceptors (Lipinski definition) is 3. The topological polar surface area (TPSA) is 56.7 Å². The van der Waals surface area contributed by atoms with Crippen molar-refractivity contribution >= 4 is 29.3 Å². The van der Waals surface area contributed by atoms with Gasteiger partial charge in [-0.2, -0.15) is 0 Å². The maximum Gasteiger partial charge on any atom is 0.161 e. The number of rotatable bonds is 2. The van der Waals surface area contributed by atoms with Crippen LogP contribution in [0.1, 0.15) is 10.9 Å². The molecule has 1 fully saturated rings. The van der Waals surface area contributed by atoms with Crippen LogP contribution >= 0.6 is 23.4 Å². The van der Waals surface area contributed by atoms with E-state index in [1.807, 2.05) is 24.3 Å². The zero-order valence-electron chi connectivity index (χ0n) is 7.85. The smallest absolute Gasteiger partial charge is 0.161 e. The van der Waals surface area contributed by atoms with Gasteiger partial charge in [0.2, 0.25) is 0 Å². The summed E-state index contributed by atoms with van der Waals surface area (Å²) in [6.07, 6.45) is 0. The van der Waals surface area contributed by atoms with Crippen molar-refractivity contribution in [3.8, 4) is 0 Å². The number of carbonyl (C=O) groups is 1. The lowest BCUT2D eigenvalue weighted by Gasteiger charge is -2.11. The molecule has 0 radical (unpaired) electrons. The van der Waals surface area contributed by atoms with Crippen molar-refractivity contribution in [3.63, 3.8) is 0 Å². The quantitative estimate of drug-likeness (QED) is 0.781. The summed E-state index contributed by atoms with van der Waals surface area (Å²) in [5, 5.41) is 13.2. The van der Waals surface area contributed by atoms with Gasteiger partial charge in [0.05, 0.1) is 10.8 Å². The fourth-order valence-electron chi connectivity index (χ4n) is 1.58. The van der Waals surface area contributed by atoms with Crippen LogP contribution in [0.25, 0.3) is 0 Å². The molecule has 0 aromatic heterocycles. The molecule has 0 spiro atoms. The first-order valence-corrected chi connectivity index (χ1v) is 6.03. The molecule has 1 heterocycles. The number of carboxylic acid groups (broad SMARTS) is 1. The summed E-state index contributed by atoms with van der Waals surface area (Å²) < 4.78 is 0. The second-order valence-corrected chi connectivity index (χ2v) is 4.98. The Bertz CT molecular complexity index is 385. The molecule has 1 aromatic carbocycles. The van der Waals surface area contributed by atoms with Gasteiger partial charge >= 0.3 is 0 Å². The van der Waals surface area contributed by atoms with Gasteiger partial charge in [0.15, 0.2) is 5.37 Å². The maximum absolute atomic E-state index is 10.7. The summed E-state index contributed by atoms with van der Waals surface area (Å²) in [5.41, 5.74) is 0.980. The van der Waals surface area contributed by atoms with E-state index in [1.54, 1.807) is 17.1 Å². The Morgan fingerprint density at radius 3 is 2.87 bits per heavy atom. The van der Waals surface area contributed by atoms with Crippen molar-refractivity contribution in [3.05, 3.63) is 34.9 Å². The first-order chi connectivity index (χ1) is 7.18. The lowest BCUT2D eigenvalue weighted by molar-refractivity contribution is -0.690. The third-order valence-corrected chi connectivity index (χ3v) is 4.04. The van der Waals surface area contributed by atoms with Gasteiger partial charge in [0.1, 0.15) is 12.0 Å². The zero-order chi connectivity index (χ0) is 10.8. The number of halogens is 1. The number of nitrogens with two attached hydrogens (primary N) is 1. The van der Waals surface area contributed by atoms with E-state index in [9.17, 15) is 9.90 Å². The van der Waals surface area contributed by atoms with E-state index < -0.39 is 12.0 Å². The van der Waals surface area contributed by atoms with Crippen LogP contribution in [0, 0.1) is 0 Å². The molecule has 1 aliphatic heterocycles. The SMILES string of the molecule is O=C([O-])C1CSC(c2ccccc2Cl)[NH2+]1. The molecule has 3 nitrogen and oxygen atoms in total. The van der Waals surface area contributed by atoms with E-state index in [2.05, 4.69) is 0 Å². The van der Waals surface area contributed by atoms with E-state index in [-0.39, 0.29) is 5.37 Å². The lowest BCUT2D eigenvalue weighted by atomic mass is 10.2. The Morgan fingerprint density at radius 1 is 1.53 bits per heavy atom. The minimum atomic E-state index is -1.00. The summed E-state index contributed by atoms with van der Waals surface area (Å²) in [6.45, 7) is 0. The Hall–Kier alpha value is -0.710. The molecule has 1 aliphatic rings. The predicted octanol–water partition coefficient (Wildman–Crippen LogP) is -0.233. The predicted molar refractivity (Wildman–Crippen MR) is 57.4 cm³/mol. The molecule has 0 amide bonds. The second kappa shape index (κ2) is 4.43. The van der Waals surface area contributed by atoms with Crippen LogP contribution in [0.15, 0.2) is 24.3 Å². The first kappa shape index (κ1) is 10.8. The average Bonchev–Trinajstić information content (AvgIpc) is 2.67. The highest BCUT2D eigenvalue weighted by molar-refractivity contribution is 7.99. The lowest BCUT2D eigenvalue weighted by Crippen LogP contribution is -2.90. The zero-order valence-corrected chi connectivity index (χ0v) is 9.42. The number of quaternary nitrogens is 1. The fourth-order valence-corrected chi connectivity index (χ4v) is 3.24. The molecule has 0 aliphatic carbocycles. The van der Waals surface area contributed by atoms with Crippen molar-refractivity contribution in [2.24, 2.45) is 0 Å². The molecule has 80 valence electrons. The minimum absolute atomic E-state index is 0.0709. The molecule has 2 unspecified atom stereocenters. The molecule has 2 N–H and O–H groups in total. The summed E-state index contributed by atoms with van der Waals surface area (Å²) in [7, 11) is 0. The summed E-state index contributed by atoms with van der Waals surface area (Å²) in [6, 6.07) is 7.05. The highest BCUT2D eigenvalue weighted by Crippen LogP contribution is 2.31. The van der Waals surface area contributed by atoms with E-state index in [0.717, 1.165) is 5.56 Å². The van der Waals surface area contributed by atoms with E-state index in [1.165, 1.54) is 0 Å². The van der Waals surface area contributed by atoms with Crippen molar-refractivity contribution < 1.29 is 15.2 Å². The highest BCUT2D eigenvalue weighted by atomic mass is 35.5. The van der Waals surface area contributed by atoms with E-state index in [0.29, 0.717) is 10.8 Å². The Morgan fingerprint density at radius 2 is 2.27 bits per heavy atom. The van der Waals surface area contributed by atoms with Crippen molar-refractivity contribution in [1.82, 2.24) is 0 Å². The van der Waals surface area contributed by atoms with Gasteiger partial charge in [-0.3, -0.25) is 0 Å². The van der Waals surface area contributed by atoms with Crippen LogP contribution < -0.4 is 10.4 Å². The van der Waals surface area contributed by atoms with Crippen molar-refractivity contribution in [2.75, 3.05) is 5.75 Å². The third kappa shape index (κ3) is 2.27. The summed E-state index contributed by atoms with van der Waals surface area (Å²) >= 11 is 7.62. The third-order valence-electron chi connectivity index (χ3n) is 2.38. The number of thioether (sulfide) groups is 1. The average molecular weight is 244 g/mol. The van der Waals surface area contributed by atoms with Crippen molar-refractivity contribution in [2.45, 2.75) is 11.4 Å². The van der Waals surface area contributed by atoms with E-state index in [4.69, 9.17) is 11.6 Å². The molecule has 2 atom stereocenters. The van der Waals surface area contributed by atoms with Gasteiger partial charge in [-0.1, -0.05) is 41.6 Å². The second-order valence-electron chi connectivity index (χ2n) is 3.39. The van der Waals surface area contributed by atoms with Gasteiger partial charge < -0.3 is 15.2 Å². The Labute approximate surface area is 96.8 Å². The molecular weight excluding hydrogens is 234 g/mol. The molecule has 0 bridgehead atoms. The fraction of sp³-hybridized carbons (Fsp3) is 0.300. The van der Waals surface area contributed by atoms with Crippen LogP contribution in [0.3, 0.4) is 0 Å². The normalized spacial score (nSPS) is 25.4. The largest absolute Gasteiger partial charge is 0.544 e. The minimum Gasteiger partial charge on any atom is -0.544 e. The number of carboxylic acids is 1. The Balaban J connectivity index is 2.14. The molecule has 15 heavy (non-hydrogen) atoms. The van der Waals surface area contributed by atoms with E-state index >= 15 is 0 Å². The summed E-state index contributed by atoms with van der Waals surface area (Å²) in [5.74, 6) is -0.435. The Kier molecular flexibility index (Phi) is 3.19. The van der Waals surface area contributed by atoms with Crippen LogP contribution in [0.4, 0.5) is 0 Å². The molecule has 0 saturated carbocycles. The monoisotopic (exact) mass is 243 g/mol. The maximum atomic E-state index is 10.7. The molecule has 2 rings (SSSR count).